The van der Waals surface area contributed by atoms with E-state index < -0.39 is 0 Å². The number of rotatable bonds is 5. The fourth-order valence-electron chi connectivity index (χ4n) is 3.80. The summed E-state index contributed by atoms with van der Waals surface area (Å²) in [7, 11) is 0. The van der Waals surface area contributed by atoms with Gasteiger partial charge in [-0.15, -0.1) is 0 Å². The van der Waals surface area contributed by atoms with Crippen LogP contribution in [0.5, 0.6) is 0 Å². The summed E-state index contributed by atoms with van der Waals surface area (Å²) >= 11 is 0. The molecule has 0 atom stereocenters. The van der Waals surface area contributed by atoms with Gasteiger partial charge in [0.15, 0.2) is 0 Å². The molecule has 0 spiro atoms. The van der Waals surface area contributed by atoms with E-state index in [2.05, 4.69) is 13.0 Å². The van der Waals surface area contributed by atoms with Gasteiger partial charge >= 0.3 is 5.97 Å². The normalized spacial score (nSPS) is 36.3. The van der Waals surface area contributed by atoms with Crippen LogP contribution >= 0.6 is 0 Å². The minimum atomic E-state index is -0.142. The second kappa shape index (κ2) is 3.90. The largest absolute Gasteiger partial charge is 0.463 e. The summed E-state index contributed by atoms with van der Waals surface area (Å²) in [5.74, 6) is -0.142. The SMILES string of the molecule is CCCC12CC(/C=C(\C)C(=O)OCC)(C1)C2. The molecule has 0 aliphatic heterocycles. The van der Waals surface area contributed by atoms with Crippen LogP contribution < -0.4 is 0 Å². The molecule has 3 fully saturated rings. The molecule has 0 aromatic carbocycles. The average Bonchev–Trinajstić information content (AvgIpc) is 2.13. The maximum absolute atomic E-state index is 11.5. The third-order valence-electron chi connectivity index (χ3n) is 4.08. The Hall–Kier alpha value is -0.790. The van der Waals surface area contributed by atoms with Crippen molar-refractivity contribution in [1.82, 2.24) is 0 Å². The fourth-order valence-corrected chi connectivity index (χ4v) is 3.80. The van der Waals surface area contributed by atoms with E-state index in [0.717, 1.165) is 5.57 Å². The summed E-state index contributed by atoms with van der Waals surface area (Å²) in [6.07, 6.45) is 8.71. The molecule has 16 heavy (non-hydrogen) atoms. The monoisotopic (exact) mass is 222 g/mol. The molecule has 2 bridgehead atoms. The zero-order chi connectivity index (χ0) is 11.8. The summed E-state index contributed by atoms with van der Waals surface area (Å²) < 4.78 is 5.00. The van der Waals surface area contributed by atoms with Gasteiger partial charge in [-0.3, -0.25) is 0 Å². The van der Waals surface area contributed by atoms with Crippen LogP contribution in [0.25, 0.3) is 0 Å². The van der Waals surface area contributed by atoms with Gasteiger partial charge in [0, 0.05) is 5.57 Å². The van der Waals surface area contributed by atoms with E-state index in [1.54, 1.807) is 0 Å². The van der Waals surface area contributed by atoms with E-state index >= 15 is 0 Å². The van der Waals surface area contributed by atoms with Gasteiger partial charge in [-0.25, -0.2) is 4.79 Å². The van der Waals surface area contributed by atoms with Crippen molar-refractivity contribution < 1.29 is 9.53 Å². The van der Waals surface area contributed by atoms with Gasteiger partial charge in [0.05, 0.1) is 6.61 Å². The van der Waals surface area contributed by atoms with E-state index in [9.17, 15) is 4.79 Å². The minimum Gasteiger partial charge on any atom is -0.463 e. The molecule has 0 aromatic rings. The highest BCUT2D eigenvalue weighted by Gasteiger charge is 2.65. The number of esters is 1. The predicted octanol–water partition coefficient (Wildman–Crippen LogP) is 3.47. The van der Waals surface area contributed by atoms with Crippen LogP contribution in [0.2, 0.25) is 0 Å². The number of hydrogen-bond acceptors (Lipinski definition) is 2. The van der Waals surface area contributed by atoms with Crippen molar-refractivity contribution in [3.63, 3.8) is 0 Å². The Labute approximate surface area is 98.1 Å². The van der Waals surface area contributed by atoms with Crippen molar-refractivity contribution in [2.75, 3.05) is 6.61 Å². The highest BCUT2D eigenvalue weighted by molar-refractivity contribution is 5.88. The van der Waals surface area contributed by atoms with Crippen LogP contribution in [0.1, 0.15) is 52.9 Å². The number of hydrogen-bond donors (Lipinski definition) is 0. The van der Waals surface area contributed by atoms with E-state index in [0.29, 0.717) is 17.4 Å². The molecule has 0 unspecified atom stereocenters. The fraction of sp³-hybridized carbons (Fsp3) is 0.786. The lowest BCUT2D eigenvalue weighted by molar-refractivity contribution is -0.174. The number of allylic oxidation sites excluding steroid dienone is 1. The molecule has 3 aliphatic rings. The molecule has 3 aliphatic carbocycles. The first-order chi connectivity index (χ1) is 7.55. The molecule has 3 saturated carbocycles. The molecule has 0 radical (unpaired) electrons. The quantitative estimate of drug-likeness (QED) is 0.526. The maximum atomic E-state index is 11.5. The Bertz CT molecular complexity index is 308. The van der Waals surface area contributed by atoms with Crippen molar-refractivity contribution >= 4 is 5.97 Å². The van der Waals surface area contributed by atoms with Crippen LogP contribution in [-0.4, -0.2) is 12.6 Å². The maximum Gasteiger partial charge on any atom is 0.333 e. The molecule has 0 heterocycles. The first-order valence-corrected chi connectivity index (χ1v) is 6.41. The molecule has 2 nitrogen and oxygen atoms in total. The van der Waals surface area contributed by atoms with E-state index in [-0.39, 0.29) is 5.97 Å². The number of ether oxygens (including phenoxy) is 1. The van der Waals surface area contributed by atoms with Gasteiger partial charge in [-0.05, 0) is 50.4 Å². The van der Waals surface area contributed by atoms with Crippen LogP contribution in [0.3, 0.4) is 0 Å². The van der Waals surface area contributed by atoms with Crippen molar-refractivity contribution in [2.45, 2.75) is 52.9 Å². The second-order valence-corrected chi connectivity index (χ2v) is 5.69. The first-order valence-electron chi connectivity index (χ1n) is 6.41. The van der Waals surface area contributed by atoms with Crippen molar-refractivity contribution in [3.05, 3.63) is 11.6 Å². The molecular formula is C14H22O2. The Balaban J connectivity index is 1.89. The topological polar surface area (TPSA) is 26.3 Å². The lowest BCUT2D eigenvalue weighted by Gasteiger charge is -2.70. The van der Waals surface area contributed by atoms with Crippen molar-refractivity contribution in [3.8, 4) is 0 Å². The summed E-state index contributed by atoms with van der Waals surface area (Å²) in [4.78, 5) is 11.5. The molecule has 3 rings (SSSR count). The highest BCUT2D eigenvalue weighted by atomic mass is 16.5. The first kappa shape index (κ1) is 11.7. The van der Waals surface area contributed by atoms with Gasteiger partial charge in [0.2, 0.25) is 0 Å². The Morgan fingerprint density at radius 2 is 1.94 bits per heavy atom. The van der Waals surface area contributed by atoms with E-state index in [4.69, 9.17) is 4.74 Å². The van der Waals surface area contributed by atoms with Crippen molar-refractivity contribution in [2.24, 2.45) is 10.8 Å². The Kier molecular flexibility index (Phi) is 2.85. The van der Waals surface area contributed by atoms with Crippen LogP contribution in [0.15, 0.2) is 11.6 Å². The third kappa shape index (κ3) is 1.79. The van der Waals surface area contributed by atoms with Gasteiger partial charge in [0.1, 0.15) is 0 Å². The number of carbonyl (C=O) groups is 1. The summed E-state index contributed by atoms with van der Waals surface area (Å²) in [6, 6.07) is 0. The zero-order valence-corrected chi connectivity index (χ0v) is 10.6. The molecule has 0 aromatic heterocycles. The highest BCUT2D eigenvalue weighted by Crippen LogP contribution is 2.75. The van der Waals surface area contributed by atoms with Gasteiger partial charge in [0.25, 0.3) is 0 Å². The minimum absolute atomic E-state index is 0.142. The van der Waals surface area contributed by atoms with E-state index in [1.807, 2.05) is 13.8 Å². The van der Waals surface area contributed by atoms with Gasteiger partial charge in [-0.2, -0.15) is 0 Å². The molecule has 0 N–H and O–H groups in total. The molecular weight excluding hydrogens is 200 g/mol. The second-order valence-electron chi connectivity index (χ2n) is 5.69. The smallest absolute Gasteiger partial charge is 0.333 e. The Morgan fingerprint density at radius 3 is 2.44 bits per heavy atom. The van der Waals surface area contributed by atoms with E-state index in [1.165, 1.54) is 32.1 Å². The van der Waals surface area contributed by atoms with Gasteiger partial charge < -0.3 is 4.74 Å². The Morgan fingerprint density at radius 1 is 1.31 bits per heavy atom. The summed E-state index contributed by atoms with van der Waals surface area (Å²) in [5.41, 5.74) is 1.82. The predicted molar refractivity (Wildman–Crippen MR) is 64.0 cm³/mol. The third-order valence-corrected chi connectivity index (χ3v) is 4.08. The molecule has 0 amide bonds. The van der Waals surface area contributed by atoms with Crippen LogP contribution in [0.4, 0.5) is 0 Å². The van der Waals surface area contributed by atoms with Gasteiger partial charge in [-0.1, -0.05) is 19.4 Å². The lowest BCUT2D eigenvalue weighted by Crippen LogP contribution is -2.60. The van der Waals surface area contributed by atoms with Crippen molar-refractivity contribution in [1.29, 1.82) is 0 Å². The average molecular weight is 222 g/mol. The standard InChI is InChI=1S/C14H22O2/c1-4-6-13-8-14(9-13,10-13)7-11(3)12(15)16-5-2/h7H,4-6,8-10H2,1-3H3/b11-7+. The van der Waals surface area contributed by atoms with Crippen LogP contribution in [-0.2, 0) is 9.53 Å². The molecule has 2 heteroatoms. The number of carbonyl (C=O) groups excluding carboxylic acids is 1. The van der Waals surface area contributed by atoms with Crippen LogP contribution in [0, 0.1) is 10.8 Å². The molecule has 0 saturated heterocycles. The lowest BCUT2D eigenvalue weighted by atomic mass is 9.34. The summed E-state index contributed by atoms with van der Waals surface area (Å²) in [5, 5.41) is 0. The summed E-state index contributed by atoms with van der Waals surface area (Å²) in [6.45, 7) is 6.46. The molecule has 90 valence electrons. The zero-order valence-electron chi connectivity index (χ0n) is 10.6.